The van der Waals surface area contributed by atoms with E-state index in [2.05, 4.69) is 10.1 Å². The van der Waals surface area contributed by atoms with Crippen molar-refractivity contribution in [2.24, 2.45) is 0 Å². The number of benzene rings is 1. The summed E-state index contributed by atoms with van der Waals surface area (Å²) in [7, 11) is 1.66. The number of rotatable bonds is 3. The largest absolute Gasteiger partial charge is 0.497 e. The van der Waals surface area contributed by atoms with E-state index in [0.29, 0.717) is 18.3 Å². The normalized spacial score (nSPS) is 16.9. The third-order valence-corrected chi connectivity index (χ3v) is 4.57. The van der Waals surface area contributed by atoms with Crippen molar-refractivity contribution in [3.63, 3.8) is 0 Å². The average molecular weight is 314 g/mol. The molecule has 0 saturated carbocycles. The number of hydrogen-bond acceptors (Lipinski definition) is 6. The van der Waals surface area contributed by atoms with Gasteiger partial charge >= 0.3 is 0 Å². The van der Waals surface area contributed by atoms with Crippen LogP contribution in [0.3, 0.4) is 0 Å². The highest BCUT2D eigenvalue weighted by Gasteiger charge is 2.27. The van der Waals surface area contributed by atoms with E-state index in [1.807, 2.05) is 35.7 Å². The summed E-state index contributed by atoms with van der Waals surface area (Å²) < 4.78 is 16.5. The molecule has 6 heteroatoms. The summed E-state index contributed by atoms with van der Waals surface area (Å²) in [5.74, 6) is 3.06. The van der Waals surface area contributed by atoms with Crippen molar-refractivity contribution < 1.29 is 14.0 Å². The molecule has 1 aliphatic rings. The summed E-state index contributed by atoms with van der Waals surface area (Å²) in [6.45, 7) is 0.547. The Labute approximate surface area is 131 Å². The van der Waals surface area contributed by atoms with Crippen LogP contribution in [0.25, 0.3) is 10.7 Å². The first-order chi connectivity index (χ1) is 10.8. The van der Waals surface area contributed by atoms with Gasteiger partial charge in [-0.3, -0.25) is 0 Å². The van der Waals surface area contributed by atoms with Gasteiger partial charge in [-0.2, -0.15) is 4.98 Å². The number of ether oxygens (including phenoxy) is 2. The molecule has 112 valence electrons. The molecule has 0 N–H and O–H groups in total. The molecule has 0 amide bonds. The van der Waals surface area contributed by atoms with Gasteiger partial charge in [0.05, 0.1) is 17.9 Å². The summed E-state index contributed by atoms with van der Waals surface area (Å²) in [6, 6.07) is 9.80. The average Bonchev–Trinajstić information content (AvgIpc) is 3.24. The summed E-state index contributed by atoms with van der Waals surface area (Å²) in [5.41, 5.74) is 1.10. The molecule has 5 nitrogen and oxygen atoms in total. The van der Waals surface area contributed by atoms with Crippen LogP contribution in [0.4, 0.5) is 0 Å². The fraction of sp³-hybridized carbons (Fsp3) is 0.250. The Kier molecular flexibility index (Phi) is 3.31. The second-order valence-electron chi connectivity index (χ2n) is 5.12. The number of methoxy groups -OCH3 is 1. The molecular weight excluding hydrogens is 300 g/mol. The molecule has 1 atom stereocenters. The van der Waals surface area contributed by atoms with Gasteiger partial charge in [-0.05, 0) is 41.6 Å². The fourth-order valence-corrected chi connectivity index (χ4v) is 3.21. The van der Waals surface area contributed by atoms with Gasteiger partial charge in [0.15, 0.2) is 0 Å². The molecule has 0 spiro atoms. The summed E-state index contributed by atoms with van der Waals surface area (Å²) >= 11 is 1.60. The van der Waals surface area contributed by atoms with Crippen LogP contribution in [0.1, 0.15) is 17.4 Å². The van der Waals surface area contributed by atoms with Crippen LogP contribution in [0.2, 0.25) is 0 Å². The minimum atomic E-state index is 0.0702. The standard InChI is InChI=1S/C16H14N2O3S/c1-19-12-4-5-13-10(8-12)7-11(9-20-13)16-17-15(18-21-16)14-3-2-6-22-14/h2-6,8,11H,7,9H2,1H3/t11-/m1/s1. The molecule has 0 saturated heterocycles. The van der Waals surface area contributed by atoms with E-state index in [4.69, 9.17) is 14.0 Å². The predicted molar refractivity (Wildman–Crippen MR) is 82.5 cm³/mol. The Morgan fingerprint density at radius 1 is 1.32 bits per heavy atom. The molecule has 2 aromatic heterocycles. The molecule has 0 aliphatic carbocycles. The Morgan fingerprint density at radius 3 is 3.09 bits per heavy atom. The lowest BCUT2D eigenvalue weighted by Crippen LogP contribution is -2.19. The second kappa shape index (κ2) is 5.46. The summed E-state index contributed by atoms with van der Waals surface area (Å²) in [6.07, 6.45) is 0.804. The fourth-order valence-electron chi connectivity index (χ4n) is 2.56. The van der Waals surface area contributed by atoms with E-state index in [1.54, 1.807) is 18.4 Å². The van der Waals surface area contributed by atoms with Crippen molar-refractivity contribution in [2.45, 2.75) is 12.3 Å². The van der Waals surface area contributed by atoms with E-state index >= 15 is 0 Å². The zero-order chi connectivity index (χ0) is 14.9. The van der Waals surface area contributed by atoms with E-state index in [9.17, 15) is 0 Å². The molecule has 1 aliphatic heterocycles. The SMILES string of the molecule is COc1ccc2c(c1)C[C@@H](c1nc(-c3cccs3)no1)CO2. The third-order valence-electron chi connectivity index (χ3n) is 3.71. The zero-order valence-corrected chi connectivity index (χ0v) is 12.8. The van der Waals surface area contributed by atoms with E-state index in [-0.39, 0.29) is 5.92 Å². The highest BCUT2D eigenvalue weighted by atomic mass is 32.1. The molecule has 22 heavy (non-hydrogen) atoms. The van der Waals surface area contributed by atoms with Crippen molar-refractivity contribution in [2.75, 3.05) is 13.7 Å². The highest BCUT2D eigenvalue weighted by Crippen LogP contribution is 2.34. The summed E-state index contributed by atoms with van der Waals surface area (Å²) in [4.78, 5) is 5.52. The lowest BCUT2D eigenvalue weighted by molar-refractivity contribution is 0.230. The minimum Gasteiger partial charge on any atom is -0.497 e. The monoisotopic (exact) mass is 314 g/mol. The number of hydrogen-bond donors (Lipinski definition) is 0. The van der Waals surface area contributed by atoms with E-state index < -0.39 is 0 Å². The van der Waals surface area contributed by atoms with E-state index in [0.717, 1.165) is 28.4 Å². The topological polar surface area (TPSA) is 57.4 Å². The Bertz CT molecular complexity index is 783. The lowest BCUT2D eigenvalue weighted by atomic mass is 9.96. The quantitative estimate of drug-likeness (QED) is 0.740. The van der Waals surface area contributed by atoms with Crippen LogP contribution in [-0.2, 0) is 6.42 Å². The maximum atomic E-state index is 5.81. The van der Waals surface area contributed by atoms with Crippen LogP contribution in [0.15, 0.2) is 40.2 Å². The zero-order valence-electron chi connectivity index (χ0n) is 12.0. The second-order valence-corrected chi connectivity index (χ2v) is 6.07. The number of aromatic nitrogens is 2. The molecule has 1 aromatic carbocycles. The first kappa shape index (κ1) is 13.3. The van der Waals surface area contributed by atoms with Crippen LogP contribution in [-0.4, -0.2) is 23.9 Å². The van der Waals surface area contributed by atoms with Gasteiger partial charge in [-0.15, -0.1) is 11.3 Å². The molecule has 0 radical (unpaired) electrons. The van der Waals surface area contributed by atoms with Crippen molar-refractivity contribution in [1.29, 1.82) is 0 Å². The van der Waals surface area contributed by atoms with Gasteiger partial charge in [-0.25, -0.2) is 0 Å². The van der Waals surface area contributed by atoms with Crippen LogP contribution in [0, 0.1) is 0 Å². The smallest absolute Gasteiger partial charge is 0.233 e. The molecule has 0 unspecified atom stereocenters. The maximum absolute atomic E-state index is 5.81. The number of fused-ring (bicyclic) bond motifs is 1. The van der Waals surface area contributed by atoms with Gasteiger partial charge in [0.2, 0.25) is 11.7 Å². The summed E-state index contributed by atoms with van der Waals surface area (Å²) in [5, 5.41) is 6.07. The van der Waals surface area contributed by atoms with Crippen LogP contribution in [0.5, 0.6) is 11.5 Å². The molecule has 3 aromatic rings. The maximum Gasteiger partial charge on any atom is 0.233 e. The first-order valence-corrected chi connectivity index (χ1v) is 7.88. The minimum absolute atomic E-state index is 0.0702. The lowest BCUT2D eigenvalue weighted by Gasteiger charge is -2.23. The third kappa shape index (κ3) is 2.35. The Hall–Kier alpha value is -2.34. The van der Waals surface area contributed by atoms with Gasteiger partial charge in [-0.1, -0.05) is 11.2 Å². The van der Waals surface area contributed by atoms with Crippen molar-refractivity contribution in [1.82, 2.24) is 10.1 Å². The molecule has 0 bridgehead atoms. The van der Waals surface area contributed by atoms with Gasteiger partial charge < -0.3 is 14.0 Å². The predicted octanol–water partition coefficient (Wildman–Crippen LogP) is 3.53. The van der Waals surface area contributed by atoms with Crippen LogP contribution < -0.4 is 9.47 Å². The van der Waals surface area contributed by atoms with Crippen molar-refractivity contribution in [3.05, 3.63) is 47.2 Å². The first-order valence-electron chi connectivity index (χ1n) is 7.00. The van der Waals surface area contributed by atoms with Gasteiger partial charge in [0.25, 0.3) is 0 Å². The highest BCUT2D eigenvalue weighted by molar-refractivity contribution is 7.13. The van der Waals surface area contributed by atoms with E-state index in [1.165, 1.54) is 0 Å². The molecule has 4 rings (SSSR count). The van der Waals surface area contributed by atoms with Gasteiger partial charge in [0, 0.05) is 0 Å². The number of thiophene rings is 1. The van der Waals surface area contributed by atoms with Gasteiger partial charge in [0.1, 0.15) is 18.1 Å². The molecule has 0 fully saturated rings. The Morgan fingerprint density at radius 2 is 2.27 bits per heavy atom. The van der Waals surface area contributed by atoms with Crippen molar-refractivity contribution in [3.8, 4) is 22.2 Å². The Balaban J connectivity index is 1.59. The molecular formula is C16H14N2O3S. The number of nitrogens with zero attached hydrogens (tertiary/aromatic N) is 2. The van der Waals surface area contributed by atoms with Crippen molar-refractivity contribution >= 4 is 11.3 Å². The molecule has 3 heterocycles. The van der Waals surface area contributed by atoms with Crippen LogP contribution >= 0.6 is 11.3 Å².